The van der Waals surface area contributed by atoms with E-state index in [9.17, 15) is 33.0 Å². The number of amides is 2. The molecule has 1 unspecified atom stereocenters. The molecule has 45 heavy (non-hydrogen) atoms. The smallest absolute Gasteiger partial charge is 0.336 e. The number of hydrogen-bond acceptors (Lipinski definition) is 9. The highest BCUT2D eigenvalue weighted by Crippen LogP contribution is 2.31. The number of carbonyl (C=O) groups excluding carboxylic acids is 2. The highest BCUT2D eigenvalue weighted by atomic mass is 32.2. The van der Waals surface area contributed by atoms with Gasteiger partial charge in [0.2, 0.25) is 5.88 Å². The van der Waals surface area contributed by atoms with Crippen LogP contribution in [-0.4, -0.2) is 77.8 Å². The predicted molar refractivity (Wildman–Crippen MR) is 166 cm³/mol. The average Bonchev–Trinajstić information content (AvgIpc) is 3.53. The van der Waals surface area contributed by atoms with E-state index in [1.54, 1.807) is 24.3 Å². The molecule has 1 heterocycles. The first-order chi connectivity index (χ1) is 21.2. The van der Waals surface area contributed by atoms with E-state index in [-0.39, 0.29) is 52.2 Å². The summed E-state index contributed by atoms with van der Waals surface area (Å²) in [5.41, 5.74) is 6.64. The minimum Gasteiger partial charge on any atom is -0.481 e. The minimum absolute atomic E-state index is 0.0868. The van der Waals surface area contributed by atoms with Crippen LogP contribution in [0.4, 0.5) is 5.69 Å². The summed E-state index contributed by atoms with van der Waals surface area (Å²) >= 11 is 0. The molecule has 1 atom stereocenters. The van der Waals surface area contributed by atoms with Crippen LogP contribution in [0.5, 0.6) is 5.88 Å². The first kappa shape index (κ1) is 34.6. The average molecular weight is 642 g/mol. The number of carboxylic acids is 1. The summed E-state index contributed by atoms with van der Waals surface area (Å²) in [4.78, 5) is 42.9. The summed E-state index contributed by atoms with van der Waals surface area (Å²) in [7, 11) is -2.27. The molecule has 1 saturated carbocycles. The van der Waals surface area contributed by atoms with Crippen molar-refractivity contribution >= 4 is 39.4 Å². The Balaban J connectivity index is 0.00000102. The second kappa shape index (κ2) is 15.2. The van der Waals surface area contributed by atoms with Crippen LogP contribution in [0.2, 0.25) is 0 Å². The molecule has 1 fully saturated rings. The molecular formula is C30H35N5O9S. The van der Waals surface area contributed by atoms with Gasteiger partial charge in [-0.05, 0) is 66.8 Å². The van der Waals surface area contributed by atoms with E-state index in [2.05, 4.69) is 15.6 Å². The van der Waals surface area contributed by atoms with Gasteiger partial charge in [0.05, 0.1) is 31.6 Å². The van der Waals surface area contributed by atoms with E-state index in [4.69, 9.17) is 20.4 Å². The van der Waals surface area contributed by atoms with Crippen LogP contribution >= 0.6 is 0 Å². The number of aromatic carboxylic acids is 1. The summed E-state index contributed by atoms with van der Waals surface area (Å²) in [6, 6.07) is 13.1. The molecular weight excluding hydrogens is 606 g/mol. The monoisotopic (exact) mass is 641 g/mol. The van der Waals surface area contributed by atoms with E-state index >= 15 is 0 Å². The summed E-state index contributed by atoms with van der Waals surface area (Å²) in [6.45, 7) is -0.201. The zero-order chi connectivity index (χ0) is 33.3. The number of aliphatic hydroxyl groups is 1. The molecule has 14 nitrogen and oxygen atoms in total. The fraction of sp³-hybridized carbons (Fsp3) is 0.300. The Labute approximate surface area is 259 Å². The standard InChI is InChI=1S/C29H31N5O6.CH4O3S/c1-40-24-13-12-21(25(34-24)28(37)32-19-9-6-17(7-10-19)26(30)31)20-11-8-18(14-22(20)29(38)39)27(36)33-23(15-35)16-4-2-3-5-16;1-5(2,3)4/h6-14,16,23,35H,2-5,15H2,1H3,(H3,30,31)(H,32,37)(H,33,36)(H,38,39);1H3,(H,2,3,4). The Hall–Kier alpha value is -4.86. The number of hydrogen-bond donors (Lipinski definition) is 7. The van der Waals surface area contributed by atoms with E-state index in [1.807, 2.05) is 0 Å². The fourth-order valence-electron chi connectivity index (χ4n) is 4.89. The van der Waals surface area contributed by atoms with Crippen LogP contribution in [0.3, 0.4) is 0 Å². The fourth-order valence-corrected chi connectivity index (χ4v) is 4.89. The van der Waals surface area contributed by atoms with Crippen LogP contribution in [0.15, 0.2) is 54.6 Å². The lowest BCUT2D eigenvalue weighted by Crippen LogP contribution is -2.42. The number of ether oxygens (including phenoxy) is 1. The van der Waals surface area contributed by atoms with Gasteiger partial charge < -0.3 is 31.3 Å². The SMILES string of the molecule is COc1ccc(-c2ccc(C(=O)NC(CO)C3CCCC3)cc2C(=O)O)c(C(=O)Nc2ccc(C(=N)N)cc2)n1.CS(=O)(=O)O. The molecule has 2 amide bonds. The summed E-state index contributed by atoms with van der Waals surface area (Å²) < 4.78 is 31.1. The zero-order valence-corrected chi connectivity index (χ0v) is 25.4. The maximum Gasteiger partial charge on any atom is 0.336 e. The van der Waals surface area contributed by atoms with Crippen molar-refractivity contribution in [1.82, 2.24) is 10.3 Å². The molecule has 1 aromatic heterocycles. The number of anilines is 1. The minimum atomic E-state index is -3.67. The quantitative estimate of drug-likeness (QED) is 0.0964. The summed E-state index contributed by atoms with van der Waals surface area (Å²) in [5.74, 6) is -2.18. The Morgan fingerprint density at radius 3 is 2.13 bits per heavy atom. The van der Waals surface area contributed by atoms with Crippen LogP contribution in [0.25, 0.3) is 11.1 Å². The molecule has 0 saturated heterocycles. The summed E-state index contributed by atoms with van der Waals surface area (Å²) in [5, 5.41) is 32.9. The van der Waals surface area contributed by atoms with Crippen molar-refractivity contribution in [3.05, 3.63) is 77.0 Å². The lowest BCUT2D eigenvalue weighted by Gasteiger charge is -2.22. The number of carbonyl (C=O) groups is 3. The number of nitrogens with zero attached hydrogens (tertiary/aromatic N) is 1. The Kier molecular flexibility index (Phi) is 11.7. The number of amidine groups is 1. The van der Waals surface area contributed by atoms with Crippen molar-refractivity contribution in [3.8, 4) is 17.0 Å². The molecule has 2 aromatic carbocycles. The Bertz CT molecular complexity index is 1660. The van der Waals surface area contributed by atoms with Gasteiger partial charge in [-0.15, -0.1) is 0 Å². The van der Waals surface area contributed by atoms with Gasteiger partial charge in [0.15, 0.2) is 0 Å². The number of carboxylic acid groups (broad SMARTS) is 1. The van der Waals surface area contributed by atoms with Gasteiger partial charge in [0.25, 0.3) is 21.9 Å². The third-order valence-corrected chi connectivity index (χ3v) is 7.03. The first-order valence-corrected chi connectivity index (χ1v) is 15.6. The van der Waals surface area contributed by atoms with Crippen molar-refractivity contribution in [2.75, 3.05) is 25.3 Å². The number of benzene rings is 2. The van der Waals surface area contributed by atoms with Gasteiger partial charge in [-0.3, -0.25) is 19.6 Å². The molecule has 4 rings (SSSR count). The molecule has 1 aliphatic carbocycles. The topological polar surface area (TPSA) is 242 Å². The third-order valence-electron chi connectivity index (χ3n) is 7.03. The lowest BCUT2D eigenvalue weighted by atomic mass is 9.95. The molecule has 15 heteroatoms. The normalized spacial score (nSPS) is 13.6. The maximum absolute atomic E-state index is 13.3. The van der Waals surface area contributed by atoms with E-state index in [0.29, 0.717) is 17.5 Å². The molecule has 0 spiro atoms. The van der Waals surface area contributed by atoms with Crippen molar-refractivity contribution in [2.45, 2.75) is 31.7 Å². The molecule has 0 aliphatic heterocycles. The second-order valence-corrected chi connectivity index (χ2v) is 11.8. The molecule has 8 N–H and O–H groups in total. The van der Waals surface area contributed by atoms with E-state index in [1.165, 1.54) is 37.4 Å². The zero-order valence-electron chi connectivity index (χ0n) is 24.6. The first-order valence-electron chi connectivity index (χ1n) is 13.7. The molecule has 3 aromatic rings. The number of nitrogen functional groups attached to an aromatic ring is 1. The number of methoxy groups -OCH3 is 1. The van der Waals surface area contributed by atoms with Crippen molar-refractivity contribution in [1.29, 1.82) is 5.41 Å². The highest BCUT2D eigenvalue weighted by Gasteiger charge is 2.27. The van der Waals surface area contributed by atoms with Gasteiger partial charge in [-0.2, -0.15) is 8.42 Å². The summed E-state index contributed by atoms with van der Waals surface area (Å²) in [6.07, 6.45) is 4.64. The van der Waals surface area contributed by atoms with Crippen molar-refractivity contribution in [3.63, 3.8) is 0 Å². The van der Waals surface area contributed by atoms with Gasteiger partial charge in [0, 0.05) is 28.4 Å². The van der Waals surface area contributed by atoms with Crippen LogP contribution < -0.4 is 21.1 Å². The lowest BCUT2D eigenvalue weighted by molar-refractivity contribution is 0.0697. The Morgan fingerprint density at radius 2 is 1.60 bits per heavy atom. The van der Waals surface area contributed by atoms with Crippen molar-refractivity contribution in [2.24, 2.45) is 11.7 Å². The second-order valence-electron chi connectivity index (χ2n) is 10.3. The highest BCUT2D eigenvalue weighted by molar-refractivity contribution is 7.85. The molecule has 0 bridgehead atoms. The molecule has 240 valence electrons. The number of rotatable bonds is 10. The molecule has 0 radical (unpaired) electrons. The number of aliphatic hydroxyl groups excluding tert-OH is 1. The third kappa shape index (κ3) is 9.82. The van der Waals surface area contributed by atoms with Gasteiger partial charge in [-0.1, -0.05) is 18.9 Å². The van der Waals surface area contributed by atoms with E-state index in [0.717, 1.165) is 25.7 Å². The van der Waals surface area contributed by atoms with Gasteiger partial charge in [-0.25, -0.2) is 9.78 Å². The van der Waals surface area contributed by atoms with Crippen LogP contribution in [0, 0.1) is 11.3 Å². The van der Waals surface area contributed by atoms with Crippen LogP contribution in [0.1, 0.15) is 62.5 Å². The number of aromatic nitrogens is 1. The van der Waals surface area contributed by atoms with E-state index < -0.39 is 33.9 Å². The van der Waals surface area contributed by atoms with Gasteiger partial charge >= 0.3 is 5.97 Å². The van der Waals surface area contributed by atoms with Gasteiger partial charge in [0.1, 0.15) is 11.5 Å². The van der Waals surface area contributed by atoms with Crippen molar-refractivity contribution < 1.29 is 42.3 Å². The Morgan fingerprint density at radius 1 is 1.02 bits per heavy atom. The molecule has 1 aliphatic rings. The largest absolute Gasteiger partial charge is 0.481 e. The van der Waals surface area contributed by atoms with Crippen LogP contribution in [-0.2, 0) is 10.1 Å². The predicted octanol–water partition coefficient (Wildman–Crippen LogP) is 2.78. The number of nitrogens with two attached hydrogens (primary N) is 1. The number of pyridine rings is 1. The maximum atomic E-state index is 13.3. The number of nitrogens with one attached hydrogen (secondary N) is 3.